The van der Waals surface area contributed by atoms with Gasteiger partial charge >= 0.3 is 0 Å². The zero-order valence-corrected chi connectivity index (χ0v) is 20.9. The number of allylic oxidation sites excluding steroid dienone is 1. The molecule has 0 aliphatic carbocycles. The molecule has 1 N–H and O–H groups in total. The predicted molar refractivity (Wildman–Crippen MR) is 145 cm³/mol. The molecule has 36 heavy (non-hydrogen) atoms. The Morgan fingerprint density at radius 2 is 1.56 bits per heavy atom. The lowest BCUT2D eigenvalue weighted by Gasteiger charge is -2.11. The SMILES string of the molecule is Cc1ccc(S(=O)(=O)Nc2ccccc2/C=C/Cc2c(C)c3ccccc3n2-c2ncccn2)cc1. The molecule has 0 fully saturated rings. The molecule has 5 aromatic rings. The van der Waals surface area contributed by atoms with Gasteiger partial charge in [-0.25, -0.2) is 18.4 Å². The van der Waals surface area contributed by atoms with Crippen LogP contribution in [0.5, 0.6) is 0 Å². The third-order valence-electron chi connectivity index (χ3n) is 6.15. The molecule has 3 aromatic carbocycles. The first kappa shape index (κ1) is 23.5. The maximum Gasteiger partial charge on any atom is 0.261 e. The third-order valence-corrected chi connectivity index (χ3v) is 7.53. The fourth-order valence-corrected chi connectivity index (χ4v) is 5.38. The molecule has 5 rings (SSSR count). The number of aryl methyl sites for hydroxylation is 2. The number of benzene rings is 3. The monoisotopic (exact) mass is 494 g/mol. The molecule has 0 aliphatic rings. The maximum atomic E-state index is 13.0. The summed E-state index contributed by atoms with van der Waals surface area (Å²) in [5.41, 5.74) is 5.61. The van der Waals surface area contributed by atoms with E-state index in [9.17, 15) is 8.42 Å². The minimum Gasteiger partial charge on any atom is -0.282 e. The van der Waals surface area contributed by atoms with Gasteiger partial charge in [0.1, 0.15) is 0 Å². The number of aromatic nitrogens is 3. The summed E-state index contributed by atoms with van der Waals surface area (Å²) in [5, 5.41) is 1.15. The van der Waals surface area contributed by atoms with E-state index in [4.69, 9.17) is 0 Å². The van der Waals surface area contributed by atoms with Gasteiger partial charge in [-0.2, -0.15) is 0 Å². The van der Waals surface area contributed by atoms with Crippen LogP contribution in [0.25, 0.3) is 22.9 Å². The van der Waals surface area contributed by atoms with E-state index in [0.29, 0.717) is 18.1 Å². The molecule has 0 bridgehead atoms. The Morgan fingerprint density at radius 1 is 0.861 bits per heavy atom. The van der Waals surface area contributed by atoms with Gasteiger partial charge in [0.2, 0.25) is 5.95 Å². The molecule has 6 nitrogen and oxygen atoms in total. The van der Waals surface area contributed by atoms with Crippen LogP contribution in [0.15, 0.2) is 102 Å². The average Bonchev–Trinajstić information content (AvgIpc) is 3.17. The number of para-hydroxylation sites is 2. The molecule has 2 aromatic heterocycles. The van der Waals surface area contributed by atoms with Crippen molar-refractivity contribution in [3.05, 3.63) is 120 Å². The minimum absolute atomic E-state index is 0.231. The lowest BCUT2D eigenvalue weighted by atomic mass is 10.1. The molecule has 0 unspecified atom stereocenters. The molecule has 0 atom stereocenters. The van der Waals surface area contributed by atoms with Crippen molar-refractivity contribution in [1.82, 2.24) is 14.5 Å². The van der Waals surface area contributed by atoms with Gasteiger partial charge in [-0.05, 0) is 55.3 Å². The van der Waals surface area contributed by atoms with Gasteiger partial charge in [0.15, 0.2) is 0 Å². The standard InChI is InChI=1S/C29H26N4O2S/c1-21-15-17-24(18-16-21)36(34,35)32-26-12-5-3-9-23(26)10-7-14-27-22(2)25-11-4-6-13-28(25)33(27)29-30-19-8-20-31-29/h3-13,15-20,32H,14H2,1-2H3/b10-7+. The van der Waals surface area contributed by atoms with Gasteiger partial charge in [-0.3, -0.25) is 9.29 Å². The van der Waals surface area contributed by atoms with Crippen molar-refractivity contribution >= 4 is 32.7 Å². The highest BCUT2D eigenvalue weighted by Crippen LogP contribution is 2.29. The van der Waals surface area contributed by atoms with Gasteiger partial charge < -0.3 is 0 Å². The summed E-state index contributed by atoms with van der Waals surface area (Å²) >= 11 is 0. The van der Waals surface area contributed by atoms with Crippen LogP contribution in [0, 0.1) is 13.8 Å². The number of rotatable bonds is 7. The normalized spacial score (nSPS) is 11.8. The van der Waals surface area contributed by atoms with E-state index in [1.54, 1.807) is 48.8 Å². The number of hydrogen-bond donors (Lipinski definition) is 1. The fraction of sp³-hybridized carbons (Fsp3) is 0.103. The molecule has 0 amide bonds. The fourth-order valence-electron chi connectivity index (χ4n) is 4.29. The Bertz CT molecular complexity index is 1660. The quantitative estimate of drug-likeness (QED) is 0.297. The highest BCUT2D eigenvalue weighted by atomic mass is 32.2. The summed E-state index contributed by atoms with van der Waals surface area (Å²) in [6.45, 7) is 4.03. The summed E-state index contributed by atoms with van der Waals surface area (Å²) in [5.74, 6) is 0.622. The smallest absolute Gasteiger partial charge is 0.261 e. The minimum atomic E-state index is -3.70. The van der Waals surface area contributed by atoms with Crippen molar-refractivity contribution in [1.29, 1.82) is 0 Å². The second kappa shape index (κ2) is 9.79. The summed E-state index contributed by atoms with van der Waals surface area (Å²) in [6, 6.07) is 24.2. The molecule has 7 heteroatoms. The Kier molecular flexibility index (Phi) is 6.40. The van der Waals surface area contributed by atoms with Crippen molar-refractivity contribution < 1.29 is 8.42 Å². The van der Waals surface area contributed by atoms with Gasteiger partial charge in [-0.1, -0.05) is 66.2 Å². The largest absolute Gasteiger partial charge is 0.282 e. The van der Waals surface area contributed by atoms with Gasteiger partial charge in [0.25, 0.3) is 10.0 Å². The van der Waals surface area contributed by atoms with Crippen LogP contribution in [0.4, 0.5) is 5.69 Å². The van der Waals surface area contributed by atoms with Crippen LogP contribution in [0.2, 0.25) is 0 Å². The van der Waals surface area contributed by atoms with Crippen LogP contribution < -0.4 is 4.72 Å². The van der Waals surface area contributed by atoms with E-state index >= 15 is 0 Å². The molecule has 0 aliphatic heterocycles. The number of sulfonamides is 1. The summed E-state index contributed by atoms with van der Waals surface area (Å²) in [7, 11) is -3.70. The van der Waals surface area contributed by atoms with E-state index in [1.807, 2.05) is 49.4 Å². The summed E-state index contributed by atoms with van der Waals surface area (Å²) in [4.78, 5) is 9.19. The number of fused-ring (bicyclic) bond motifs is 1. The highest BCUT2D eigenvalue weighted by molar-refractivity contribution is 7.92. The van der Waals surface area contributed by atoms with Crippen molar-refractivity contribution in [3.8, 4) is 5.95 Å². The zero-order valence-electron chi connectivity index (χ0n) is 20.1. The Balaban J connectivity index is 1.46. The Morgan fingerprint density at radius 3 is 2.33 bits per heavy atom. The van der Waals surface area contributed by atoms with E-state index < -0.39 is 10.0 Å². The van der Waals surface area contributed by atoms with Crippen LogP contribution in [-0.4, -0.2) is 23.0 Å². The zero-order chi connectivity index (χ0) is 25.1. The number of nitrogens with one attached hydrogen (secondary N) is 1. The Labute approximate surface area is 211 Å². The number of hydrogen-bond acceptors (Lipinski definition) is 4. The summed E-state index contributed by atoms with van der Waals surface area (Å²) < 4.78 is 30.7. The van der Waals surface area contributed by atoms with Gasteiger partial charge in [0, 0.05) is 29.9 Å². The first-order chi connectivity index (χ1) is 17.4. The van der Waals surface area contributed by atoms with Crippen LogP contribution in [0.1, 0.15) is 22.4 Å². The van der Waals surface area contributed by atoms with Crippen molar-refractivity contribution in [2.75, 3.05) is 4.72 Å². The van der Waals surface area contributed by atoms with Gasteiger partial charge in [0.05, 0.1) is 16.1 Å². The van der Waals surface area contributed by atoms with Crippen molar-refractivity contribution in [3.63, 3.8) is 0 Å². The molecule has 180 valence electrons. The topological polar surface area (TPSA) is 76.9 Å². The van der Waals surface area contributed by atoms with Crippen molar-refractivity contribution in [2.45, 2.75) is 25.2 Å². The van der Waals surface area contributed by atoms with Gasteiger partial charge in [-0.15, -0.1) is 0 Å². The van der Waals surface area contributed by atoms with Crippen LogP contribution in [-0.2, 0) is 16.4 Å². The first-order valence-electron chi connectivity index (χ1n) is 11.7. The second-order valence-corrected chi connectivity index (χ2v) is 10.3. The second-order valence-electron chi connectivity index (χ2n) is 8.59. The molecular weight excluding hydrogens is 468 g/mol. The van der Waals surface area contributed by atoms with Crippen LogP contribution >= 0.6 is 0 Å². The lowest BCUT2D eigenvalue weighted by molar-refractivity contribution is 0.601. The van der Waals surface area contributed by atoms with E-state index in [1.165, 1.54) is 0 Å². The van der Waals surface area contributed by atoms with E-state index in [-0.39, 0.29) is 4.90 Å². The first-order valence-corrected chi connectivity index (χ1v) is 13.1. The van der Waals surface area contributed by atoms with Crippen LogP contribution in [0.3, 0.4) is 0 Å². The Hall–Kier alpha value is -4.23. The number of nitrogens with zero attached hydrogens (tertiary/aromatic N) is 3. The van der Waals surface area contributed by atoms with Crippen molar-refractivity contribution in [2.24, 2.45) is 0 Å². The molecule has 0 radical (unpaired) electrons. The lowest BCUT2D eigenvalue weighted by Crippen LogP contribution is -2.13. The maximum absolute atomic E-state index is 13.0. The molecule has 0 spiro atoms. The molecular formula is C29H26N4O2S. The highest BCUT2D eigenvalue weighted by Gasteiger charge is 2.17. The number of anilines is 1. The van der Waals surface area contributed by atoms with E-state index in [0.717, 1.165) is 33.3 Å². The third kappa shape index (κ3) is 4.65. The molecule has 0 saturated carbocycles. The molecule has 2 heterocycles. The average molecular weight is 495 g/mol. The summed E-state index contributed by atoms with van der Waals surface area (Å²) in [6.07, 6.45) is 8.09. The molecule has 0 saturated heterocycles. The van der Waals surface area contributed by atoms with E-state index in [2.05, 4.69) is 38.3 Å². The predicted octanol–water partition coefficient (Wildman–Crippen LogP) is 6.09.